The number of hydrogen-bond donors (Lipinski definition) is 4. The van der Waals surface area contributed by atoms with E-state index < -0.39 is 46.9 Å². The van der Waals surface area contributed by atoms with E-state index in [0.717, 1.165) is 43.3 Å². The molecule has 4 heterocycles. The van der Waals surface area contributed by atoms with E-state index in [1.54, 1.807) is 11.3 Å². The largest absolute Gasteiger partial charge is 0.479 e. The summed E-state index contributed by atoms with van der Waals surface area (Å²) in [5, 5.41) is 24.9. The lowest BCUT2D eigenvalue weighted by atomic mass is 9.81. The molecule has 2 aliphatic rings. The van der Waals surface area contributed by atoms with Gasteiger partial charge in [-0.15, -0.1) is 34.4 Å². The number of nitrogens with two attached hydrogens (primary N) is 2. The second-order valence-corrected chi connectivity index (χ2v) is 12.5. The van der Waals surface area contributed by atoms with Crippen LogP contribution in [0.1, 0.15) is 5.69 Å². The Morgan fingerprint density at radius 2 is 1.95 bits per heavy atom. The van der Waals surface area contributed by atoms with E-state index in [2.05, 4.69) is 10.1 Å². The third-order valence-electron chi connectivity index (χ3n) is 5.88. The fraction of sp³-hybridized carbons (Fsp3) is 0.167. The molecule has 16 heteroatoms. The Balaban J connectivity index is 1.42. The molecule has 1 amide bonds. The van der Waals surface area contributed by atoms with Gasteiger partial charge in [0.2, 0.25) is 12.4 Å². The number of aromatic nitrogens is 1. The Labute approximate surface area is 242 Å². The van der Waals surface area contributed by atoms with E-state index in [-0.39, 0.29) is 22.3 Å². The van der Waals surface area contributed by atoms with Gasteiger partial charge in [0.15, 0.2) is 16.4 Å². The van der Waals surface area contributed by atoms with Gasteiger partial charge in [0, 0.05) is 25.8 Å². The number of benzene rings is 1. The van der Waals surface area contributed by atoms with Crippen molar-refractivity contribution in [2.24, 2.45) is 10.9 Å². The number of fused-ring (bicyclic) bond motifs is 1. The number of carbonyl (C=O) groups is 4. The van der Waals surface area contributed by atoms with Crippen LogP contribution in [0.25, 0.3) is 10.4 Å². The van der Waals surface area contributed by atoms with E-state index in [1.165, 1.54) is 17.1 Å². The fourth-order valence-electron chi connectivity index (χ4n) is 4.06. The number of carbonyl (C=O) groups excluding carboxylic acids is 2. The molecule has 0 aliphatic carbocycles. The molecule has 6 N–H and O–H groups in total. The molecule has 1 fully saturated rings. The quantitative estimate of drug-likeness (QED) is 0.112. The first-order chi connectivity index (χ1) is 19.1. The van der Waals surface area contributed by atoms with Crippen LogP contribution in [0, 0.1) is 0 Å². The predicted molar refractivity (Wildman–Crippen MR) is 152 cm³/mol. The van der Waals surface area contributed by atoms with Crippen LogP contribution in [0.3, 0.4) is 0 Å². The standard InChI is InChI=1S/C24H19N5O7S4/c25-23-27-13(9-39-23)17(28-36-8-16(30)31)19(32)24(26)21(35)29-18(20(33)34)15(10-38-22(24)29)40-12-5-3-11(4-6-12)14-2-1-7-37-14/h1-7,9,22H,8,10,26H2,(H2,25,27)(H,30,31)(H,33,34)/t22-,24?/m0/s1. The minimum atomic E-state index is -2.19. The number of aliphatic carboxylic acids is 2. The number of Topliss-reactive ketones (excluding diaryl/α,β-unsaturated/α-hetero) is 1. The Kier molecular flexibility index (Phi) is 7.70. The van der Waals surface area contributed by atoms with Gasteiger partial charge in [0.05, 0.1) is 0 Å². The van der Waals surface area contributed by atoms with Gasteiger partial charge in [-0.05, 0) is 29.1 Å². The number of carboxylic acids is 2. The zero-order chi connectivity index (χ0) is 28.6. The smallest absolute Gasteiger partial charge is 0.353 e. The number of β-lactam (4-membered cyclic amide) rings is 1. The molecule has 0 bridgehead atoms. The second-order valence-electron chi connectivity index (χ2n) is 8.40. The summed E-state index contributed by atoms with van der Waals surface area (Å²) < 4.78 is 0. The van der Waals surface area contributed by atoms with Crippen molar-refractivity contribution >= 4 is 80.7 Å². The number of ketones is 1. The van der Waals surface area contributed by atoms with Crippen LogP contribution in [-0.2, 0) is 24.0 Å². The SMILES string of the molecule is Nc1nc(C(=NOCC(=O)O)C(=O)C2(N)C(=O)N3C(C(=O)O)=C(Sc4ccc(-c5cccs5)cc4)CS[C@H]32)cs1. The van der Waals surface area contributed by atoms with Crippen molar-refractivity contribution in [1.29, 1.82) is 0 Å². The number of carboxylic acid groups (broad SMARTS) is 2. The number of anilines is 1. The molecule has 2 aliphatic heterocycles. The molecule has 0 radical (unpaired) electrons. The van der Waals surface area contributed by atoms with Gasteiger partial charge in [-0.2, -0.15) is 0 Å². The average molecular weight is 618 g/mol. The molecule has 3 aromatic rings. The first kappa shape index (κ1) is 27.9. The highest BCUT2D eigenvalue weighted by Crippen LogP contribution is 2.49. The second kappa shape index (κ2) is 11.1. The van der Waals surface area contributed by atoms with Gasteiger partial charge in [-0.1, -0.05) is 35.1 Å². The number of hydrogen-bond acceptors (Lipinski definition) is 13. The molecular weight excluding hydrogens is 599 g/mol. The zero-order valence-electron chi connectivity index (χ0n) is 20.2. The van der Waals surface area contributed by atoms with Crippen LogP contribution < -0.4 is 11.5 Å². The minimum absolute atomic E-state index is 0.0500. The summed E-state index contributed by atoms with van der Waals surface area (Å²) in [6, 6.07) is 11.6. The van der Waals surface area contributed by atoms with Crippen molar-refractivity contribution in [2.45, 2.75) is 15.8 Å². The number of thioether (sulfide) groups is 2. The van der Waals surface area contributed by atoms with Crippen molar-refractivity contribution in [1.82, 2.24) is 9.88 Å². The lowest BCUT2D eigenvalue weighted by molar-refractivity contribution is -0.157. The van der Waals surface area contributed by atoms with E-state index in [4.69, 9.17) is 21.4 Å². The lowest BCUT2D eigenvalue weighted by Crippen LogP contribution is -2.82. The van der Waals surface area contributed by atoms with Gasteiger partial charge >= 0.3 is 11.9 Å². The molecule has 1 aromatic carbocycles. The third kappa shape index (κ3) is 4.99. The number of amides is 1. The van der Waals surface area contributed by atoms with Gasteiger partial charge < -0.3 is 26.5 Å². The van der Waals surface area contributed by atoms with Crippen LogP contribution in [0.2, 0.25) is 0 Å². The average Bonchev–Trinajstić information content (AvgIpc) is 3.62. The van der Waals surface area contributed by atoms with Crippen LogP contribution in [0.4, 0.5) is 5.13 Å². The minimum Gasteiger partial charge on any atom is -0.479 e. The van der Waals surface area contributed by atoms with E-state index in [1.807, 2.05) is 41.8 Å². The van der Waals surface area contributed by atoms with Crippen LogP contribution in [0.5, 0.6) is 0 Å². The highest BCUT2D eigenvalue weighted by Gasteiger charge is 2.67. The van der Waals surface area contributed by atoms with Gasteiger partial charge in [-0.25, -0.2) is 14.6 Å². The van der Waals surface area contributed by atoms with Crippen molar-refractivity contribution in [3.05, 3.63) is 63.5 Å². The van der Waals surface area contributed by atoms with E-state index in [9.17, 15) is 24.3 Å². The Hall–Kier alpha value is -3.70. The summed E-state index contributed by atoms with van der Waals surface area (Å²) >= 11 is 4.95. The van der Waals surface area contributed by atoms with Crippen molar-refractivity contribution in [3.63, 3.8) is 0 Å². The van der Waals surface area contributed by atoms with Crippen LogP contribution in [0.15, 0.2) is 67.8 Å². The van der Waals surface area contributed by atoms with Gasteiger partial charge in [0.1, 0.15) is 16.8 Å². The molecule has 1 saturated heterocycles. The maximum absolute atomic E-state index is 13.6. The summed E-state index contributed by atoms with van der Waals surface area (Å²) in [5.41, 5.74) is 10.1. The molecule has 5 rings (SSSR count). The van der Waals surface area contributed by atoms with Gasteiger partial charge in [0.25, 0.3) is 5.91 Å². The third-order valence-corrected chi connectivity index (χ3v) is 10.1. The number of thiazole rings is 1. The number of rotatable bonds is 10. The number of nitrogen functional groups attached to an aromatic ring is 1. The molecule has 206 valence electrons. The topological polar surface area (TPSA) is 198 Å². The summed E-state index contributed by atoms with van der Waals surface area (Å²) in [6.45, 7) is -0.854. The van der Waals surface area contributed by atoms with Gasteiger partial charge in [-0.3, -0.25) is 14.5 Å². The highest BCUT2D eigenvalue weighted by molar-refractivity contribution is 8.06. The zero-order valence-corrected chi connectivity index (χ0v) is 23.4. The maximum Gasteiger partial charge on any atom is 0.353 e. The highest BCUT2D eigenvalue weighted by atomic mass is 32.2. The molecule has 0 saturated carbocycles. The summed E-state index contributed by atoms with van der Waals surface area (Å²) in [5.74, 6) is -4.44. The first-order valence-electron chi connectivity index (χ1n) is 11.3. The molecule has 1 unspecified atom stereocenters. The van der Waals surface area contributed by atoms with E-state index in [0.29, 0.717) is 4.91 Å². The predicted octanol–water partition coefficient (Wildman–Crippen LogP) is 2.53. The van der Waals surface area contributed by atoms with Crippen molar-refractivity contribution in [2.75, 3.05) is 18.1 Å². The molecule has 0 spiro atoms. The first-order valence-corrected chi connectivity index (χ1v) is 14.9. The summed E-state index contributed by atoms with van der Waals surface area (Å²) in [4.78, 5) is 62.2. The van der Waals surface area contributed by atoms with Crippen LogP contribution >= 0.6 is 46.2 Å². The Morgan fingerprint density at radius 3 is 2.55 bits per heavy atom. The van der Waals surface area contributed by atoms with Crippen LogP contribution in [-0.4, -0.2) is 72.7 Å². The van der Waals surface area contributed by atoms with E-state index >= 15 is 0 Å². The maximum atomic E-state index is 13.6. The summed E-state index contributed by atoms with van der Waals surface area (Å²) in [7, 11) is 0. The van der Waals surface area contributed by atoms with Crippen molar-refractivity contribution in [3.8, 4) is 10.4 Å². The normalized spacial score (nSPS) is 20.6. The molecule has 12 nitrogen and oxygen atoms in total. The number of nitrogens with zero attached hydrogens (tertiary/aromatic N) is 3. The number of thiophene rings is 1. The molecule has 2 atom stereocenters. The fourth-order valence-corrected chi connectivity index (χ4v) is 7.89. The monoisotopic (exact) mass is 617 g/mol. The Morgan fingerprint density at radius 1 is 1.20 bits per heavy atom. The lowest BCUT2D eigenvalue weighted by Gasteiger charge is -2.54. The van der Waals surface area contributed by atoms with Crippen molar-refractivity contribution < 1.29 is 34.2 Å². The molecular formula is C24H19N5O7S4. The number of oxime groups is 1. The molecule has 2 aromatic heterocycles. The Bertz CT molecular complexity index is 1570. The molecule has 40 heavy (non-hydrogen) atoms. The summed E-state index contributed by atoms with van der Waals surface area (Å²) in [6.07, 6.45) is 0.